The maximum absolute atomic E-state index is 12.7. The van der Waals surface area contributed by atoms with Crippen molar-refractivity contribution in [2.75, 3.05) is 32.7 Å². The molecule has 0 bridgehead atoms. The van der Waals surface area contributed by atoms with E-state index >= 15 is 0 Å². The molecule has 1 aliphatic rings. The molecule has 0 saturated heterocycles. The fraction of sp³-hybridized carbons (Fsp3) is 0.292. The number of hydrogen-bond donors (Lipinski definition) is 1. The minimum absolute atomic E-state index is 0.0288. The van der Waals surface area contributed by atoms with Gasteiger partial charge in [-0.25, -0.2) is 0 Å². The predicted molar refractivity (Wildman–Crippen MR) is 120 cm³/mol. The Morgan fingerprint density at radius 2 is 1.87 bits per heavy atom. The van der Waals surface area contributed by atoms with Gasteiger partial charge in [-0.3, -0.25) is 4.79 Å². The first-order valence-electron chi connectivity index (χ1n) is 10.0. The van der Waals surface area contributed by atoms with Crippen LogP contribution in [0, 0.1) is 0 Å². The fourth-order valence-electron chi connectivity index (χ4n) is 3.88. The molecule has 0 aliphatic carbocycles. The maximum Gasteiger partial charge on any atom is 0.249 e. The van der Waals surface area contributed by atoms with Crippen LogP contribution >= 0.6 is 11.3 Å². The second kappa shape index (κ2) is 9.32. The standard InChI is InChI=1S/C24H26N2O3S/c1-28-16-23(27)26-13-11-22-21(12-14-30-22)24(26)18-5-7-19(8-6-18)25-15-17-3-9-20(29-2)10-4-17/h3-10,12,14,24-25H,11,13,15-16H2,1-2H3. The van der Waals surface area contributed by atoms with Crippen LogP contribution < -0.4 is 10.1 Å². The summed E-state index contributed by atoms with van der Waals surface area (Å²) < 4.78 is 10.3. The fourth-order valence-corrected chi connectivity index (χ4v) is 4.79. The topological polar surface area (TPSA) is 50.8 Å². The van der Waals surface area contributed by atoms with Crippen molar-refractivity contribution in [1.82, 2.24) is 4.90 Å². The number of carbonyl (C=O) groups excluding carboxylic acids is 1. The van der Waals surface area contributed by atoms with E-state index in [0.29, 0.717) is 0 Å². The number of amides is 1. The molecule has 1 amide bonds. The average Bonchev–Trinajstić information content (AvgIpc) is 3.27. The number of anilines is 1. The third kappa shape index (κ3) is 4.35. The molecule has 6 heteroatoms. The first-order chi connectivity index (χ1) is 14.7. The van der Waals surface area contributed by atoms with Crippen LogP contribution in [0.4, 0.5) is 5.69 Å². The minimum atomic E-state index is -0.0571. The number of carbonyl (C=O) groups is 1. The first-order valence-corrected chi connectivity index (χ1v) is 10.9. The summed E-state index contributed by atoms with van der Waals surface area (Å²) in [6.07, 6.45) is 0.903. The highest BCUT2D eigenvalue weighted by atomic mass is 32.1. The van der Waals surface area contributed by atoms with E-state index in [1.807, 2.05) is 17.0 Å². The van der Waals surface area contributed by atoms with E-state index < -0.39 is 0 Å². The van der Waals surface area contributed by atoms with Gasteiger partial charge in [-0.05, 0) is 58.8 Å². The van der Waals surface area contributed by atoms with Crippen LogP contribution in [0.1, 0.15) is 27.6 Å². The number of hydrogen-bond acceptors (Lipinski definition) is 5. The van der Waals surface area contributed by atoms with Crippen LogP contribution in [-0.2, 0) is 22.5 Å². The van der Waals surface area contributed by atoms with Crippen LogP contribution in [-0.4, -0.2) is 38.2 Å². The van der Waals surface area contributed by atoms with Gasteiger partial charge in [-0.15, -0.1) is 11.3 Å². The van der Waals surface area contributed by atoms with Gasteiger partial charge in [-0.2, -0.15) is 0 Å². The van der Waals surface area contributed by atoms with Crippen LogP contribution in [0.15, 0.2) is 60.0 Å². The van der Waals surface area contributed by atoms with Crippen molar-refractivity contribution >= 4 is 22.9 Å². The second-order valence-corrected chi connectivity index (χ2v) is 8.30. The van der Waals surface area contributed by atoms with Crippen molar-refractivity contribution in [3.8, 4) is 5.75 Å². The summed E-state index contributed by atoms with van der Waals surface area (Å²) in [6, 6.07) is 18.5. The number of methoxy groups -OCH3 is 2. The van der Waals surface area contributed by atoms with Crippen molar-refractivity contribution in [3.63, 3.8) is 0 Å². The number of nitrogens with zero attached hydrogens (tertiary/aromatic N) is 1. The lowest BCUT2D eigenvalue weighted by Gasteiger charge is -2.36. The highest BCUT2D eigenvalue weighted by Gasteiger charge is 2.32. The molecule has 1 atom stereocenters. The largest absolute Gasteiger partial charge is 0.497 e. The maximum atomic E-state index is 12.7. The van der Waals surface area contributed by atoms with Gasteiger partial charge in [0.1, 0.15) is 12.4 Å². The van der Waals surface area contributed by atoms with E-state index in [4.69, 9.17) is 9.47 Å². The Balaban J connectivity index is 1.50. The van der Waals surface area contributed by atoms with E-state index in [-0.39, 0.29) is 18.6 Å². The summed E-state index contributed by atoms with van der Waals surface area (Å²) in [5, 5.41) is 5.58. The van der Waals surface area contributed by atoms with E-state index in [2.05, 4.69) is 53.2 Å². The van der Waals surface area contributed by atoms with Gasteiger partial charge in [-0.1, -0.05) is 24.3 Å². The minimum Gasteiger partial charge on any atom is -0.497 e. The lowest BCUT2D eigenvalue weighted by Crippen LogP contribution is -2.41. The summed E-state index contributed by atoms with van der Waals surface area (Å²) in [4.78, 5) is 16.0. The summed E-state index contributed by atoms with van der Waals surface area (Å²) >= 11 is 1.77. The Bertz CT molecular complexity index is 982. The first kappa shape index (κ1) is 20.4. The molecule has 3 aromatic rings. The number of ether oxygens (including phenoxy) is 2. The van der Waals surface area contributed by atoms with E-state index in [1.165, 1.54) is 16.0 Å². The number of benzene rings is 2. The average molecular weight is 423 g/mol. The Morgan fingerprint density at radius 3 is 2.57 bits per heavy atom. The van der Waals surface area contributed by atoms with Crippen molar-refractivity contribution in [3.05, 3.63) is 81.5 Å². The molecule has 156 valence electrons. The number of fused-ring (bicyclic) bond motifs is 1. The summed E-state index contributed by atoms with van der Waals surface area (Å²) in [5.74, 6) is 0.886. The van der Waals surface area contributed by atoms with Gasteiger partial charge in [0, 0.05) is 30.8 Å². The zero-order valence-electron chi connectivity index (χ0n) is 17.3. The van der Waals surface area contributed by atoms with Crippen LogP contribution in [0.2, 0.25) is 0 Å². The van der Waals surface area contributed by atoms with Crippen LogP contribution in [0.5, 0.6) is 5.75 Å². The van der Waals surface area contributed by atoms with Gasteiger partial charge in [0.2, 0.25) is 5.91 Å². The summed E-state index contributed by atoms with van der Waals surface area (Å²) in [7, 11) is 3.24. The molecule has 2 aromatic carbocycles. The van der Waals surface area contributed by atoms with E-state index in [1.54, 1.807) is 25.6 Å². The van der Waals surface area contributed by atoms with Gasteiger partial charge in [0.05, 0.1) is 13.2 Å². The Morgan fingerprint density at radius 1 is 1.10 bits per heavy atom. The molecule has 0 fully saturated rings. The molecule has 1 N–H and O–H groups in total. The molecule has 1 unspecified atom stereocenters. The number of nitrogens with one attached hydrogen (secondary N) is 1. The lowest BCUT2D eigenvalue weighted by molar-refractivity contribution is -0.137. The van der Waals surface area contributed by atoms with E-state index in [0.717, 1.165) is 36.5 Å². The SMILES string of the molecule is COCC(=O)N1CCc2sccc2C1c1ccc(NCc2ccc(OC)cc2)cc1. The molecular formula is C24H26N2O3S. The second-order valence-electron chi connectivity index (χ2n) is 7.30. The number of thiophene rings is 1. The van der Waals surface area contributed by atoms with Crippen molar-refractivity contribution < 1.29 is 14.3 Å². The zero-order chi connectivity index (χ0) is 20.9. The molecule has 1 aliphatic heterocycles. The molecule has 1 aromatic heterocycles. The molecule has 30 heavy (non-hydrogen) atoms. The Labute approximate surface area is 181 Å². The quantitative estimate of drug-likeness (QED) is 0.610. The molecule has 0 radical (unpaired) electrons. The summed E-state index contributed by atoms with van der Waals surface area (Å²) in [6.45, 7) is 1.56. The zero-order valence-corrected chi connectivity index (χ0v) is 18.1. The third-order valence-electron chi connectivity index (χ3n) is 5.44. The van der Waals surface area contributed by atoms with Crippen molar-refractivity contribution in [1.29, 1.82) is 0 Å². The lowest BCUT2D eigenvalue weighted by atomic mass is 9.93. The Hall–Kier alpha value is -2.83. The van der Waals surface area contributed by atoms with Crippen LogP contribution in [0.3, 0.4) is 0 Å². The van der Waals surface area contributed by atoms with Crippen LogP contribution in [0.25, 0.3) is 0 Å². The third-order valence-corrected chi connectivity index (χ3v) is 6.43. The highest BCUT2D eigenvalue weighted by Crippen LogP contribution is 2.38. The molecule has 4 rings (SSSR count). The molecular weight excluding hydrogens is 396 g/mol. The van der Waals surface area contributed by atoms with Gasteiger partial charge in [0.15, 0.2) is 0 Å². The molecule has 0 saturated carbocycles. The normalized spacial score (nSPS) is 15.5. The van der Waals surface area contributed by atoms with Gasteiger partial charge in [0.25, 0.3) is 0 Å². The monoisotopic (exact) mass is 422 g/mol. The highest BCUT2D eigenvalue weighted by molar-refractivity contribution is 7.10. The van der Waals surface area contributed by atoms with Gasteiger partial charge < -0.3 is 19.7 Å². The molecule has 0 spiro atoms. The predicted octanol–water partition coefficient (Wildman–Crippen LogP) is 4.49. The van der Waals surface area contributed by atoms with E-state index in [9.17, 15) is 4.79 Å². The van der Waals surface area contributed by atoms with Crippen molar-refractivity contribution in [2.24, 2.45) is 0 Å². The Kier molecular flexibility index (Phi) is 6.35. The molecule has 2 heterocycles. The van der Waals surface area contributed by atoms with Gasteiger partial charge >= 0.3 is 0 Å². The van der Waals surface area contributed by atoms with Crippen molar-refractivity contribution in [2.45, 2.75) is 19.0 Å². The summed E-state index contributed by atoms with van der Waals surface area (Å²) in [5.41, 5.74) is 4.58. The molecule has 5 nitrogen and oxygen atoms in total. The number of rotatable bonds is 7. The smallest absolute Gasteiger partial charge is 0.249 e.